The molecule has 0 bridgehead atoms. The predicted octanol–water partition coefficient (Wildman–Crippen LogP) is 3.26. The topological polar surface area (TPSA) is 41.1 Å². The summed E-state index contributed by atoms with van der Waals surface area (Å²) in [5.74, 6) is 1.24. The van der Waals surface area contributed by atoms with Crippen LogP contribution in [0.25, 0.3) is 0 Å². The van der Waals surface area contributed by atoms with Crippen molar-refractivity contribution in [3.8, 4) is 0 Å². The Morgan fingerprint density at radius 3 is 2.95 bits per heavy atom. The van der Waals surface area contributed by atoms with Crippen molar-refractivity contribution >= 4 is 39.3 Å². The highest BCUT2D eigenvalue weighted by Gasteiger charge is 2.28. The lowest BCUT2D eigenvalue weighted by molar-refractivity contribution is -0.115. The Morgan fingerprint density at radius 1 is 1.47 bits per heavy atom. The Hall–Kier alpha value is -0.520. The quantitative estimate of drug-likeness (QED) is 0.862. The van der Waals surface area contributed by atoms with Gasteiger partial charge in [0.25, 0.3) is 0 Å². The van der Waals surface area contributed by atoms with Crippen molar-refractivity contribution < 1.29 is 4.79 Å². The highest BCUT2D eigenvalue weighted by atomic mass is 79.9. The standard InChI is InChI=1S/C14H19BrN2OS/c1-14(7-4-8-19-14)10-16-9-13(18)17-12-6-3-2-5-11(12)15/h2-3,5-6,16H,4,7-10H2,1H3,(H,17,18). The minimum atomic E-state index is -0.00139. The van der Waals surface area contributed by atoms with Crippen molar-refractivity contribution in [3.63, 3.8) is 0 Å². The molecule has 0 radical (unpaired) electrons. The smallest absolute Gasteiger partial charge is 0.238 e. The number of hydrogen-bond donors (Lipinski definition) is 2. The van der Waals surface area contributed by atoms with Crippen LogP contribution >= 0.6 is 27.7 Å². The SMILES string of the molecule is CC1(CNCC(=O)Nc2ccccc2Br)CCCS1. The van der Waals surface area contributed by atoms with E-state index in [1.807, 2.05) is 36.0 Å². The minimum absolute atomic E-state index is 0.00139. The molecule has 1 unspecified atom stereocenters. The number of amides is 1. The third-order valence-electron chi connectivity index (χ3n) is 3.23. The number of carbonyl (C=O) groups is 1. The van der Waals surface area contributed by atoms with Gasteiger partial charge >= 0.3 is 0 Å². The second-order valence-electron chi connectivity index (χ2n) is 5.03. The molecule has 2 rings (SSSR count). The van der Waals surface area contributed by atoms with Crippen LogP contribution in [0.3, 0.4) is 0 Å². The van der Waals surface area contributed by atoms with Gasteiger partial charge in [0, 0.05) is 15.8 Å². The first-order valence-corrected chi connectivity index (χ1v) is 8.26. The third kappa shape index (κ3) is 4.51. The second kappa shape index (κ2) is 6.77. The molecule has 3 nitrogen and oxygen atoms in total. The molecule has 5 heteroatoms. The van der Waals surface area contributed by atoms with Crippen molar-refractivity contribution in [1.29, 1.82) is 0 Å². The van der Waals surface area contributed by atoms with Gasteiger partial charge in [0.1, 0.15) is 0 Å². The van der Waals surface area contributed by atoms with Crippen LogP contribution in [0.1, 0.15) is 19.8 Å². The van der Waals surface area contributed by atoms with Crippen molar-refractivity contribution in [2.75, 3.05) is 24.2 Å². The number of thioether (sulfide) groups is 1. The highest BCUT2D eigenvalue weighted by molar-refractivity contribution is 9.10. The van der Waals surface area contributed by atoms with Crippen LogP contribution in [0.2, 0.25) is 0 Å². The molecule has 1 saturated heterocycles. The van der Waals surface area contributed by atoms with Crippen molar-refractivity contribution in [1.82, 2.24) is 5.32 Å². The van der Waals surface area contributed by atoms with Crippen molar-refractivity contribution in [2.24, 2.45) is 0 Å². The van der Waals surface area contributed by atoms with Gasteiger partial charge in [0.15, 0.2) is 0 Å². The molecule has 0 saturated carbocycles. The fourth-order valence-electron chi connectivity index (χ4n) is 2.17. The Morgan fingerprint density at radius 2 is 2.26 bits per heavy atom. The number of halogens is 1. The van der Waals surface area contributed by atoms with Crippen LogP contribution in [0.15, 0.2) is 28.7 Å². The zero-order valence-corrected chi connectivity index (χ0v) is 13.4. The number of benzene rings is 1. The zero-order chi connectivity index (χ0) is 13.7. The molecular formula is C14H19BrN2OS. The number of nitrogens with one attached hydrogen (secondary N) is 2. The minimum Gasteiger partial charge on any atom is -0.324 e. The molecule has 1 aliphatic heterocycles. The van der Waals surface area contributed by atoms with Crippen molar-refractivity contribution in [3.05, 3.63) is 28.7 Å². The largest absolute Gasteiger partial charge is 0.324 e. The van der Waals surface area contributed by atoms with Crippen LogP contribution in [0, 0.1) is 0 Å². The number of anilines is 1. The molecule has 104 valence electrons. The van der Waals surface area contributed by atoms with E-state index in [0.717, 1.165) is 16.7 Å². The zero-order valence-electron chi connectivity index (χ0n) is 11.0. The molecule has 0 aromatic heterocycles. The van der Waals surface area contributed by atoms with E-state index in [1.54, 1.807) is 0 Å². The van der Waals surface area contributed by atoms with Crippen LogP contribution in [0.5, 0.6) is 0 Å². The average Bonchev–Trinajstić information content (AvgIpc) is 2.79. The van der Waals surface area contributed by atoms with Gasteiger partial charge in [-0.15, -0.1) is 0 Å². The summed E-state index contributed by atoms with van der Waals surface area (Å²) >= 11 is 5.42. The maximum Gasteiger partial charge on any atom is 0.238 e. The summed E-state index contributed by atoms with van der Waals surface area (Å²) in [4.78, 5) is 11.8. The van der Waals surface area contributed by atoms with Gasteiger partial charge in [-0.25, -0.2) is 0 Å². The summed E-state index contributed by atoms with van der Waals surface area (Å²) in [5.41, 5.74) is 0.816. The molecule has 2 N–H and O–H groups in total. The molecule has 1 atom stereocenters. The number of carbonyl (C=O) groups excluding carboxylic acids is 1. The molecule has 1 heterocycles. The van der Waals surface area contributed by atoms with E-state index in [9.17, 15) is 4.79 Å². The lowest BCUT2D eigenvalue weighted by atomic mass is 10.1. The van der Waals surface area contributed by atoms with Gasteiger partial charge in [-0.1, -0.05) is 12.1 Å². The lowest BCUT2D eigenvalue weighted by Gasteiger charge is -2.22. The van der Waals surface area contributed by atoms with E-state index in [0.29, 0.717) is 11.3 Å². The summed E-state index contributed by atoms with van der Waals surface area (Å²) in [6, 6.07) is 7.63. The molecule has 19 heavy (non-hydrogen) atoms. The molecule has 1 aliphatic rings. The first-order chi connectivity index (χ1) is 9.09. The Balaban J connectivity index is 1.74. The van der Waals surface area contributed by atoms with E-state index in [1.165, 1.54) is 18.6 Å². The highest BCUT2D eigenvalue weighted by Crippen LogP contribution is 2.36. The van der Waals surface area contributed by atoms with Crippen LogP contribution in [-0.4, -0.2) is 29.5 Å². The number of hydrogen-bond acceptors (Lipinski definition) is 3. The summed E-state index contributed by atoms with van der Waals surface area (Å²) in [5, 5.41) is 6.15. The lowest BCUT2D eigenvalue weighted by Crippen LogP contribution is -2.37. The number of para-hydroxylation sites is 1. The van der Waals surface area contributed by atoms with Gasteiger partial charge in [-0.05, 0) is 53.6 Å². The molecule has 1 aromatic rings. The van der Waals surface area contributed by atoms with Crippen molar-refractivity contribution in [2.45, 2.75) is 24.5 Å². The average molecular weight is 343 g/mol. The van der Waals surface area contributed by atoms with Crippen LogP contribution in [-0.2, 0) is 4.79 Å². The fraction of sp³-hybridized carbons (Fsp3) is 0.500. The van der Waals surface area contributed by atoms with E-state index in [4.69, 9.17) is 0 Å². The Kier molecular flexibility index (Phi) is 5.30. The van der Waals surface area contributed by atoms with E-state index in [-0.39, 0.29) is 5.91 Å². The Bertz CT molecular complexity index is 447. The van der Waals surface area contributed by atoms with E-state index < -0.39 is 0 Å². The molecular weight excluding hydrogens is 324 g/mol. The van der Waals surface area contributed by atoms with Gasteiger partial charge in [-0.3, -0.25) is 4.79 Å². The molecule has 1 aromatic carbocycles. The Labute approximate surface area is 127 Å². The number of rotatable bonds is 5. The molecule has 1 amide bonds. The second-order valence-corrected chi connectivity index (χ2v) is 7.57. The molecule has 0 spiro atoms. The first kappa shape index (κ1) is 14.9. The van der Waals surface area contributed by atoms with Gasteiger partial charge in [0.05, 0.1) is 12.2 Å². The maximum absolute atomic E-state index is 11.8. The van der Waals surface area contributed by atoms with Gasteiger partial charge in [-0.2, -0.15) is 11.8 Å². The molecule has 0 aliphatic carbocycles. The van der Waals surface area contributed by atoms with Gasteiger partial charge in [0.2, 0.25) is 5.91 Å². The summed E-state index contributed by atoms with van der Waals surface area (Å²) in [7, 11) is 0. The first-order valence-electron chi connectivity index (χ1n) is 6.48. The summed E-state index contributed by atoms with van der Waals surface area (Å²) in [6.07, 6.45) is 2.52. The van der Waals surface area contributed by atoms with Crippen LogP contribution in [0.4, 0.5) is 5.69 Å². The van der Waals surface area contributed by atoms with Gasteiger partial charge < -0.3 is 10.6 Å². The van der Waals surface area contributed by atoms with E-state index >= 15 is 0 Å². The maximum atomic E-state index is 11.8. The summed E-state index contributed by atoms with van der Waals surface area (Å²) < 4.78 is 1.20. The monoisotopic (exact) mass is 342 g/mol. The fourth-order valence-corrected chi connectivity index (χ4v) is 3.83. The van der Waals surface area contributed by atoms with Crippen LogP contribution < -0.4 is 10.6 Å². The third-order valence-corrected chi connectivity index (χ3v) is 5.46. The van der Waals surface area contributed by atoms with E-state index in [2.05, 4.69) is 33.5 Å². The predicted molar refractivity (Wildman–Crippen MR) is 85.7 cm³/mol. The molecule has 1 fully saturated rings. The normalized spacial score (nSPS) is 22.4. The summed E-state index contributed by atoms with van der Waals surface area (Å²) in [6.45, 7) is 3.52.